The molecule has 0 saturated heterocycles. The van der Waals surface area contributed by atoms with Crippen LogP contribution in [-0.4, -0.2) is 29.0 Å². The largest absolute Gasteiger partial charge is 0.328 e. The molecule has 1 amide bonds. The number of para-hydroxylation sites is 2. The highest BCUT2D eigenvalue weighted by Gasteiger charge is 2.32. The Morgan fingerprint density at radius 3 is 2.50 bits per heavy atom. The van der Waals surface area contributed by atoms with Gasteiger partial charge in [0.15, 0.2) is 5.82 Å². The Labute approximate surface area is 152 Å². The average Bonchev–Trinajstić information content (AvgIpc) is 3.03. The van der Waals surface area contributed by atoms with E-state index in [-0.39, 0.29) is 11.9 Å². The number of carbonyl (C=O) groups is 1. The number of aromatic nitrogens is 2. The van der Waals surface area contributed by atoms with Crippen LogP contribution in [0.5, 0.6) is 0 Å². The predicted octanol–water partition coefficient (Wildman–Crippen LogP) is 3.84. The molecule has 0 spiro atoms. The van der Waals surface area contributed by atoms with Gasteiger partial charge in [-0.25, -0.2) is 9.97 Å². The zero-order valence-corrected chi connectivity index (χ0v) is 14.8. The highest BCUT2D eigenvalue weighted by Crippen LogP contribution is 2.32. The average molecular weight is 344 g/mol. The molecule has 3 aromatic rings. The Morgan fingerprint density at radius 1 is 1.04 bits per heavy atom. The van der Waals surface area contributed by atoms with Gasteiger partial charge in [0.25, 0.3) is 5.91 Å². The highest BCUT2D eigenvalue weighted by molar-refractivity contribution is 6.06. The third kappa shape index (κ3) is 2.81. The molecule has 0 radical (unpaired) electrons. The van der Waals surface area contributed by atoms with E-state index in [0.29, 0.717) is 11.5 Å². The highest BCUT2D eigenvalue weighted by atomic mass is 16.2. The van der Waals surface area contributed by atoms with Crippen LogP contribution in [0.3, 0.4) is 0 Å². The molecular weight excluding hydrogens is 324 g/mol. The zero-order valence-electron chi connectivity index (χ0n) is 14.8. The third-order valence-corrected chi connectivity index (χ3v) is 4.77. The summed E-state index contributed by atoms with van der Waals surface area (Å²) in [5.41, 5.74) is 3.54. The second-order valence-corrected chi connectivity index (χ2v) is 6.51. The topological polar surface area (TPSA) is 49.3 Å². The fraction of sp³-hybridized carbons (Fsp3) is 0.190. The Kier molecular flexibility index (Phi) is 4.13. The lowest BCUT2D eigenvalue weighted by atomic mass is 10.1. The van der Waals surface area contributed by atoms with Crippen molar-refractivity contribution in [3.05, 3.63) is 78.2 Å². The van der Waals surface area contributed by atoms with Crippen LogP contribution in [-0.2, 0) is 6.42 Å². The number of carbonyl (C=O) groups excluding carboxylic acids is 1. The fourth-order valence-electron chi connectivity index (χ4n) is 3.39. The minimum atomic E-state index is -0.108. The van der Waals surface area contributed by atoms with E-state index in [1.807, 2.05) is 65.4 Å². The Balaban J connectivity index is 1.58. The number of rotatable bonds is 3. The van der Waals surface area contributed by atoms with Gasteiger partial charge in [-0.2, -0.15) is 0 Å². The summed E-state index contributed by atoms with van der Waals surface area (Å²) in [5.74, 6) is 0.589. The van der Waals surface area contributed by atoms with Crippen molar-refractivity contribution >= 4 is 23.1 Å². The monoisotopic (exact) mass is 344 g/mol. The maximum absolute atomic E-state index is 13.0. The molecule has 1 unspecified atom stereocenters. The van der Waals surface area contributed by atoms with Crippen LogP contribution in [0.25, 0.3) is 0 Å². The van der Waals surface area contributed by atoms with E-state index < -0.39 is 0 Å². The van der Waals surface area contributed by atoms with Gasteiger partial charge >= 0.3 is 0 Å². The van der Waals surface area contributed by atoms with Crippen molar-refractivity contribution in [2.24, 2.45) is 0 Å². The van der Waals surface area contributed by atoms with Crippen molar-refractivity contribution in [1.82, 2.24) is 9.97 Å². The lowest BCUT2D eigenvalue weighted by molar-refractivity contribution is 0.0976. The normalized spacial score (nSPS) is 15.6. The summed E-state index contributed by atoms with van der Waals surface area (Å²) in [4.78, 5) is 25.6. The molecule has 1 atom stereocenters. The zero-order chi connectivity index (χ0) is 18.1. The summed E-state index contributed by atoms with van der Waals surface area (Å²) >= 11 is 0. The molecule has 0 fully saturated rings. The van der Waals surface area contributed by atoms with Crippen LogP contribution in [0.15, 0.2) is 67.0 Å². The van der Waals surface area contributed by atoms with Crippen LogP contribution < -0.4 is 9.80 Å². The molecule has 5 heteroatoms. The van der Waals surface area contributed by atoms with Gasteiger partial charge in [0.05, 0.1) is 12.4 Å². The summed E-state index contributed by atoms with van der Waals surface area (Å²) in [7, 11) is 1.93. The molecule has 1 aliphatic rings. The Morgan fingerprint density at radius 2 is 1.77 bits per heavy atom. The fourth-order valence-corrected chi connectivity index (χ4v) is 3.39. The smallest absolute Gasteiger partial charge is 0.278 e. The second kappa shape index (κ2) is 6.59. The van der Waals surface area contributed by atoms with E-state index in [4.69, 9.17) is 0 Å². The van der Waals surface area contributed by atoms with Gasteiger partial charge in [0.2, 0.25) is 0 Å². The van der Waals surface area contributed by atoms with E-state index in [9.17, 15) is 4.79 Å². The van der Waals surface area contributed by atoms with Crippen LogP contribution in [0, 0.1) is 0 Å². The molecule has 2 heterocycles. The van der Waals surface area contributed by atoms with E-state index in [1.54, 1.807) is 12.4 Å². The summed E-state index contributed by atoms with van der Waals surface area (Å²) in [6, 6.07) is 18.1. The molecule has 130 valence electrons. The molecule has 4 rings (SSSR count). The minimum absolute atomic E-state index is 0.108. The van der Waals surface area contributed by atoms with Gasteiger partial charge in [-0.3, -0.25) is 4.79 Å². The Bertz CT molecular complexity index is 924. The maximum atomic E-state index is 13.0. The first kappa shape index (κ1) is 16.3. The van der Waals surface area contributed by atoms with Crippen LogP contribution in [0.1, 0.15) is 23.0 Å². The van der Waals surface area contributed by atoms with Gasteiger partial charge < -0.3 is 9.80 Å². The molecule has 26 heavy (non-hydrogen) atoms. The van der Waals surface area contributed by atoms with Crippen molar-refractivity contribution in [1.29, 1.82) is 0 Å². The van der Waals surface area contributed by atoms with Crippen molar-refractivity contribution < 1.29 is 4.79 Å². The number of nitrogens with zero attached hydrogens (tertiary/aromatic N) is 4. The lowest BCUT2D eigenvalue weighted by Crippen LogP contribution is -2.36. The van der Waals surface area contributed by atoms with Crippen LogP contribution in [0.2, 0.25) is 0 Å². The van der Waals surface area contributed by atoms with E-state index in [0.717, 1.165) is 17.8 Å². The van der Waals surface area contributed by atoms with Crippen molar-refractivity contribution in [3.8, 4) is 0 Å². The first-order valence-corrected chi connectivity index (χ1v) is 8.67. The number of hydrogen-bond donors (Lipinski definition) is 0. The van der Waals surface area contributed by atoms with E-state index >= 15 is 0 Å². The van der Waals surface area contributed by atoms with Gasteiger partial charge in [0.1, 0.15) is 5.69 Å². The summed E-state index contributed by atoms with van der Waals surface area (Å²) in [6.07, 6.45) is 4.07. The van der Waals surface area contributed by atoms with E-state index in [2.05, 4.69) is 23.0 Å². The van der Waals surface area contributed by atoms with Gasteiger partial charge in [-0.1, -0.05) is 36.4 Å². The summed E-state index contributed by atoms with van der Waals surface area (Å²) in [6.45, 7) is 2.06. The molecule has 2 aromatic carbocycles. The van der Waals surface area contributed by atoms with E-state index in [1.165, 1.54) is 5.56 Å². The number of hydrogen-bond acceptors (Lipinski definition) is 4. The maximum Gasteiger partial charge on any atom is 0.278 e. The molecule has 0 N–H and O–H groups in total. The lowest BCUT2D eigenvalue weighted by Gasteiger charge is -2.22. The molecule has 1 aromatic heterocycles. The number of amides is 1. The van der Waals surface area contributed by atoms with Gasteiger partial charge in [-0.05, 0) is 37.1 Å². The third-order valence-electron chi connectivity index (χ3n) is 4.77. The van der Waals surface area contributed by atoms with Crippen molar-refractivity contribution in [2.75, 3.05) is 16.8 Å². The first-order chi connectivity index (χ1) is 12.6. The Hall–Kier alpha value is -3.21. The standard InChI is InChI=1S/C21H20N4O/c1-15-12-16-8-6-7-11-19(16)25(15)21(26)18-13-23-20(14-22-18)24(2)17-9-4-3-5-10-17/h3-11,13-15H,12H2,1-2H3. The van der Waals surface area contributed by atoms with Crippen molar-refractivity contribution in [2.45, 2.75) is 19.4 Å². The molecule has 5 nitrogen and oxygen atoms in total. The second-order valence-electron chi connectivity index (χ2n) is 6.51. The van der Waals surface area contributed by atoms with Gasteiger partial charge in [0, 0.05) is 24.5 Å². The van der Waals surface area contributed by atoms with Gasteiger partial charge in [-0.15, -0.1) is 0 Å². The number of anilines is 3. The molecule has 0 saturated carbocycles. The van der Waals surface area contributed by atoms with Crippen molar-refractivity contribution in [3.63, 3.8) is 0 Å². The molecule has 0 bridgehead atoms. The SMILES string of the molecule is CC1Cc2ccccc2N1C(=O)c1cnc(N(C)c2ccccc2)cn1. The predicted molar refractivity (Wildman–Crippen MR) is 103 cm³/mol. The summed E-state index contributed by atoms with van der Waals surface area (Å²) < 4.78 is 0. The molecule has 1 aliphatic heterocycles. The number of fused-ring (bicyclic) bond motifs is 1. The quantitative estimate of drug-likeness (QED) is 0.724. The first-order valence-electron chi connectivity index (χ1n) is 8.67. The summed E-state index contributed by atoms with van der Waals surface area (Å²) in [5, 5.41) is 0. The number of benzene rings is 2. The van der Waals surface area contributed by atoms with Crippen LogP contribution >= 0.6 is 0 Å². The molecule has 0 aliphatic carbocycles. The molecular formula is C21H20N4O. The minimum Gasteiger partial charge on any atom is -0.328 e. The van der Waals surface area contributed by atoms with Crippen LogP contribution in [0.4, 0.5) is 17.2 Å².